The van der Waals surface area contributed by atoms with Gasteiger partial charge < -0.3 is 19.1 Å². The topological polar surface area (TPSA) is 74.0 Å². The number of aromatic hydroxyl groups is 1. The molecular weight excluding hydrogens is 490 g/mol. The summed E-state index contributed by atoms with van der Waals surface area (Å²) in [6.45, 7) is 11.6. The third kappa shape index (κ3) is 5.03. The highest BCUT2D eigenvalue weighted by Crippen LogP contribution is 2.35. The van der Waals surface area contributed by atoms with Gasteiger partial charge in [-0.2, -0.15) is 0 Å². The van der Waals surface area contributed by atoms with E-state index in [0.717, 1.165) is 63.6 Å². The molecule has 8 nitrogen and oxygen atoms in total. The van der Waals surface area contributed by atoms with Gasteiger partial charge in [0.05, 0.1) is 5.69 Å². The second-order valence-corrected chi connectivity index (χ2v) is 11.8. The molecule has 3 aliphatic rings. The summed E-state index contributed by atoms with van der Waals surface area (Å²) >= 11 is 0. The van der Waals surface area contributed by atoms with Crippen LogP contribution in [0.1, 0.15) is 40.5 Å². The molecule has 0 radical (unpaired) electrons. The number of aromatic nitrogens is 2. The van der Waals surface area contributed by atoms with Gasteiger partial charge in [0, 0.05) is 101 Å². The predicted octanol–water partition coefficient (Wildman–Crippen LogP) is 2.81. The van der Waals surface area contributed by atoms with Gasteiger partial charge in [-0.3, -0.25) is 19.4 Å². The molecule has 3 aromatic rings. The molecule has 0 amide bonds. The maximum atomic E-state index is 12.8. The van der Waals surface area contributed by atoms with Crippen LogP contribution < -0.4 is 15.9 Å². The molecule has 6 rings (SSSR count). The third-order valence-corrected chi connectivity index (χ3v) is 9.02. The van der Waals surface area contributed by atoms with E-state index in [1.54, 1.807) is 12.1 Å². The molecule has 2 bridgehead atoms. The highest BCUT2D eigenvalue weighted by Gasteiger charge is 2.34. The van der Waals surface area contributed by atoms with Crippen LogP contribution in [0.2, 0.25) is 0 Å². The van der Waals surface area contributed by atoms with Crippen molar-refractivity contribution >= 4 is 5.69 Å². The Labute approximate surface area is 229 Å². The fourth-order valence-electron chi connectivity index (χ4n) is 7.00. The maximum Gasteiger partial charge on any atom is 0.250 e. The summed E-state index contributed by atoms with van der Waals surface area (Å²) in [5, 5.41) is 10.8. The van der Waals surface area contributed by atoms with Crippen molar-refractivity contribution < 1.29 is 5.11 Å². The van der Waals surface area contributed by atoms with E-state index in [4.69, 9.17) is 0 Å². The number of fused-ring (bicyclic) bond motifs is 4. The SMILES string of the molecule is Cc1ccc(N2CCN(Cc3c(O)c(=O)cc(CN4C[C@@H]5C[C@H](C4)c4cccc(=O)n4C5)n3C)CC2)c(C)c1. The first-order valence-electron chi connectivity index (χ1n) is 14.1. The summed E-state index contributed by atoms with van der Waals surface area (Å²) < 4.78 is 3.97. The molecule has 2 atom stereocenters. The van der Waals surface area contributed by atoms with E-state index in [2.05, 4.69) is 52.8 Å². The number of anilines is 1. The molecule has 0 spiro atoms. The molecule has 8 heteroatoms. The second kappa shape index (κ2) is 10.3. The largest absolute Gasteiger partial charge is 0.503 e. The van der Waals surface area contributed by atoms with Crippen LogP contribution in [0, 0.1) is 19.8 Å². The lowest BCUT2D eigenvalue weighted by Crippen LogP contribution is -2.47. The number of aryl methyl sites for hydroxylation is 2. The van der Waals surface area contributed by atoms with Gasteiger partial charge in [-0.1, -0.05) is 23.8 Å². The van der Waals surface area contributed by atoms with Crippen LogP contribution in [0.3, 0.4) is 0 Å². The summed E-state index contributed by atoms with van der Waals surface area (Å²) in [6.07, 6.45) is 1.10. The number of rotatable bonds is 5. The minimum absolute atomic E-state index is 0.0936. The maximum absolute atomic E-state index is 12.8. The Morgan fingerprint density at radius 2 is 1.69 bits per heavy atom. The molecule has 2 aromatic heterocycles. The van der Waals surface area contributed by atoms with Crippen molar-refractivity contribution in [3.05, 3.63) is 91.3 Å². The number of hydrogen-bond donors (Lipinski definition) is 1. The predicted molar refractivity (Wildman–Crippen MR) is 154 cm³/mol. The summed E-state index contributed by atoms with van der Waals surface area (Å²) in [4.78, 5) is 32.4. The number of nitrogens with zero attached hydrogens (tertiary/aromatic N) is 5. The summed E-state index contributed by atoms with van der Waals surface area (Å²) in [6, 6.07) is 13.8. The Hall–Kier alpha value is -3.36. The van der Waals surface area contributed by atoms with E-state index in [0.29, 0.717) is 30.6 Å². The van der Waals surface area contributed by atoms with Gasteiger partial charge in [0.15, 0.2) is 5.75 Å². The van der Waals surface area contributed by atoms with E-state index in [9.17, 15) is 14.7 Å². The Morgan fingerprint density at radius 3 is 2.46 bits per heavy atom. The molecule has 0 aliphatic carbocycles. The van der Waals surface area contributed by atoms with Crippen LogP contribution in [0.25, 0.3) is 0 Å². The van der Waals surface area contributed by atoms with Gasteiger partial charge >= 0.3 is 0 Å². The Kier molecular flexibility index (Phi) is 6.85. The Balaban J connectivity index is 1.16. The number of piperazine rings is 1. The zero-order chi connectivity index (χ0) is 27.3. The number of piperidine rings is 1. The second-order valence-electron chi connectivity index (χ2n) is 11.8. The quantitative estimate of drug-likeness (QED) is 0.548. The van der Waals surface area contributed by atoms with E-state index in [-0.39, 0.29) is 16.7 Å². The first kappa shape index (κ1) is 25.9. The fourth-order valence-corrected chi connectivity index (χ4v) is 7.00. The normalized spacial score (nSPS) is 21.7. The van der Waals surface area contributed by atoms with Gasteiger partial charge in [0.1, 0.15) is 0 Å². The van der Waals surface area contributed by atoms with Crippen LogP contribution in [-0.4, -0.2) is 63.3 Å². The van der Waals surface area contributed by atoms with Gasteiger partial charge in [-0.05, 0) is 43.9 Å². The molecule has 5 heterocycles. The molecule has 1 aromatic carbocycles. The molecule has 0 saturated carbocycles. The van der Waals surface area contributed by atoms with Crippen molar-refractivity contribution in [3.63, 3.8) is 0 Å². The number of benzene rings is 1. The highest BCUT2D eigenvalue weighted by atomic mass is 16.3. The van der Waals surface area contributed by atoms with Crippen LogP contribution >= 0.6 is 0 Å². The number of hydrogen-bond acceptors (Lipinski definition) is 6. The summed E-state index contributed by atoms with van der Waals surface area (Å²) in [5.41, 5.74) is 6.39. The first-order chi connectivity index (χ1) is 18.8. The lowest BCUT2D eigenvalue weighted by Gasteiger charge is -2.43. The Morgan fingerprint density at radius 1 is 0.897 bits per heavy atom. The van der Waals surface area contributed by atoms with Gasteiger partial charge in [-0.25, -0.2) is 0 Å². The number of likely N-dealkylation sites (tertiary alicyclic amines) is 1. The molecule has 0 unspecified atom stereocenters. The average molecular weight is 530 g/mol. The van der Waals surface area contributed by atoms with Crippen molar-refractivity contribution in [2.75, 3.05) is 44.2 Å². The van der Waals surface area contributed by atoms with Crippen molar-refractivity contribution in [2.24, 2.45) is 13.0 Å². The zero-order valence-electron chi connectivity index (χ0n) is 23.3. The van der Waals surface area contributed by atoms with E-state index >= 15 is 0 Å². The van der Waals surface area contributed by atoms with Gasteiger partial charge in [0.25, 0.3) is 5.56 Å². The standard InChI is InChI=1S/C31H39N5O3/c1-21-7-8-26(22(2)13-21)35-11-9-33(10-12-35)20-28-31(39)29(37)15-25(32(28)3)19-34-16-23-14-24(18-34)27-5-4-6-30(38)36(27)17-23/h4-8,13,15,23-24,39H,9-12,14,16-20H2,1-3H3/t23-,24+/m0/s1. The Bertz CT molecular complexity index is 1500. The smallest absolute Gasteiger partial charge is 0.250 e. The average Bonchev–Trinajstić information content (AvgIpc) is 2.91. The molecule has 3 aliphatic heterocycles. The zero-order valence-corrected chi connectivity index (χ0v) is 23.3. The minimum Gasteiger partial charge on any atom is -0.503 e. The monoisotopic (exact) mass is 529 g/mol. The van der Waals surface area contributed by atoms with Crippen LogP contribution in [-0.2, 0) is 26.7 Å². The summed E-state index contributed by atoms with van der Waals surface area (Å²) in [7, 11) is 1.97. The lowest BCUT2D eigenvalue weighted by molar-refractivity contribution is 0.112. The van der Waals surface area contributed by atoms with Crippen LogP contribution in [0.5, 0.6) is 5.75 Å². The highest BCUT2D eigenvalue weighted by molar-refractivity contribution is 5.54. The molecule has 2 fully saturated rings. The fraction of sp³-hybridized carbons (Fsp3) is 0.484. The van der Waals surface area contributed by atoms with E-state index in [1.807, 2.05) is 22.2 Å². The van der Waals surface area contributed by atoms with Gasteiger partial charge in [0.2, 0.25) is 5.43 Å². The van der Waals surface area contributed by atoms with Crippen molar-refractivity contribution in [1.29, 1.82) is 0 Å². The molecule has 39 heavy (non-hydrogen) atoms. The van der Waals surface area contributed by atoms with Crippen molar-refractivity contribution in [2.45, 2.75) is 45.8 Å². The molecule has 2 saturated heterocycles. The molecule has 1 N–H and O–H groups in total. The van der Waals surface area contributed by atoms with Crippen molar-refractivity contribution in [1.82, 2.24) is 18.9 Å². The van der Waals surface area contributed by atoms with Crippen LogP contribution in [0.4, 0.5) is 5.69 Å². The lowest BCUT2D eigenvalue weighted by atomic mass is 9.83. The minimum atomic E-state index is -0.305. The number of pyridine rings is 2. The van der Waals surface area contributed by atoms with E-state index in [1.165, 1.54) is 16.8 Å². The van der Waals surface area contributed by atoms with Crippen LogP contribution in [0.15, 0.2) is 52.1 Å². The molecular formula is C31H39N5O3. The van der Waals surface area contributed by atoms with Gasteiger partial charge in [-0.15, -0.1) is 0 Å². The van der Waals surface area contributed by atoms with Crippen molar-refractivity contribution in [3.8, 4) is 5.75 Å². The third-order valence-electron chi connectivity index (χ3n) is 9.02. The van der Waals surface area contributed by atoms with E-state index < -0.39 is 0 Å². The first-order valence-corrected chi connectivity index (χ1v) is 14.1. The molecule has 206 valence electrons. The summed E-state index contributed by atoms with van der Waals surface area (Å²) in [5.74, 6) is 0.619.